The number of benzene rings is 2. The molecule has 0 bridgehead atoms. The summed E-state index contributed by atoms with van der Waals surface area (Å²) < 4.78 is 0. The van der Waals surface area contributed by atoms with Crippen molar-refractivity contribution in [2.45, 2.75) is 26.2 Å². The second-order valence-electron chi connectivity index (χ2n) is 6.94. The van der Waals surface area contributed by atoms with Gasteiger partial charge >= 0.3 is 5.97 Å². The van der Waals surface area contributed by atoms with Crippen molar-refractivity contribution < 1.29 is 19.5 Å². The summed E-state index contributed by atoms with van der Waals surface area (Å²) in [5.74, 6) is -1.76. The summed E-state index contributed by atoms with van der Waals surface area (Å²) in [6.07, 6.45) is 0. The largest absolute Gasteiger partial charge is 0.478 e. The summed E-state index contributed by atoms with van der Waals surface area (Å²) in [7, 11) is 0. The van der Waals surface area contributed by atoms with Crippen LogP contribution in [0.2, 0.25) is 0 Å². The number of nitrogens with one attached hydrogen (secondary N) is 2. The Bertz CT molecular complexity index is 803. The lowest BCUT2D eigenvalue weighted by Gasteiger charge is -2.19. The van der Waals surface area contributed by atoms with Crippen LogP contribution in [0, 0.1) is 0 Å². The molecule has 0 aromatic heterocycles. The van der Waals surface area contributed by atoms with E-state index in [4.69, 9.17) is 5.11 Å². The van der Waals surface area contributed by atoms with E-state index < -0.39 is 11.9 Å². The minimum absolute atomic E-state index is 0.00504. The van der Waals surface area contributed by atoms with Gasteiger partial charge in [-0.3, -0.25) is 9.59 Å². The van der Waals surface area contributed by atoms with Gasteiger partial charge in [-0.05, 0) is 47.4 Å². The zero-order chi connectivity index (χ0) is 19.3. The molecule has 6 heteroatoms. The summed E-state index contributed by atoms with van der Waals surface area (Å²) in [6.45, 7) is 6.10. The Morgan fingerprint density at radius 2 is 1.42 bits per heavy atom. The quantitative estimate of drug-likeness (QED) is 0.769. The van der Waals surface area contributed by atoms with E-state index in [9.17, 15) is 14.4 Å². The Morgan fingerprint density at radius 3 is 1.92 bits per heavy atom. The average molecular weight is 354 g/mol. The summed E-state index contributed by atoms with van der Waals surface area (Å²) in [5, 5.41) is 14.0. The predicted octanol–water partition coefficient (Wildman–Crippen LogP) is 3.05. The molecule has 3 N–H and O–H groups in total. The maximum Gasteiger partial charge on any atom is 0.335 e. The normalized spacial score (nSPS) is 10.9. The van der Waals surface area contributed by atoms with Crippen LogP contribution in [0.4, 0.5) is 5.69 Å². The molecule has 2 aromatic carbocycles. The minimum Gasteiger partial charge on any atom is -0.478 e. The lowest BCUT2D eigenvalue weighted by atomic mass is 9.87. The van der Waals surface area contributed by atoms with Gasteiger partial charge < -0.3 is 15.7 Å². The molecular weight excluding hydrogens is 332 g/mol. The molecule has 2 rings (SSSR count). The Kier molecular flexibility index (Phi) is 5.77. The number of anilines is 1. The number of carboxylic acids is 1. The highest BCUT2D eigenvalue weighted by atomic mass is 16.4. The van der Waals surface area contributed by atoms with E-state index in [0.717, 1.165) is 5.56 Å². The average Bonchev–Trinajstić information content (AvgIpc) is 2.59. The fraction of sp³-hybridized carbons (Fsp3) is 0.250. The third kappa shape index (κ3) is 5.17. The molecule has 0 saturated carbocycles. The van der Waals surface area contributed by atoms with E-state index in [1.165, 1.54) is 24.3 Å². The molecule has 0 spiro atoms. The zero-order valence-corrected chi connectivity index (χ0v) is 15.0. The zero-order valence-electron chi connectivity index (χ0n) is 15.0. The van der Waals surface area contributed by atoms with Crippen LogP contribution in [-0.4, -0.2) is 29.4 Å². The standard InChI is InChI=1S/C20H22N2O4/c1-20(2,3)15-8-4-13(5-9-15)18(24)21-12-17(23)22-16-10-6-14(7-11-16)19(25)26/h4-11H,12H2,1-3H3,(H,21,24)(H,22,23)(H,25,26). The van der Waals surface area contributed by atoms with Gasteiger partial charge in [0.15, 0.2) is 0 Å². The molecule has 0 aliphatic heterocycles. The number of carbonyl (C=O) groups is 3. The molecule has 0 fully saturated rings. The second kappa shape index (κ2) is 7.82. The first kappa shape index (κ1) is 19.2. The van der Waals surface area contributed by atoms with Crippen LogP contribution < -0.4 is 10.6 Å². The number of carbonyl (C=O) groups excluding carboxylic acids is 2. The number of carboxylic acid groups (broad SMARTS) is 1. The van der Waals surface area contributed by atoms with Crippen molar-refractivity contribution in [3.05, 3.63) is 65.2 Å². The molecule has 136 valence electrons. The molecule has 0 unspecified atom stereocenters. The van der Waals surface area contributed by atoms with E-state index in [1.54, 1.807) is 12.1 Å². The third-order valence-corrected chi connectivity index (χ3v) is 3.84. The van der Waals surface area contributed by atoms with Crippen LogP contribution in [-0.2, 0) is 10.2 Å². The van der Waals surface area contributed by atoms with E-state index >= 15 is 0 Å². The van der Waals surface area contributed by atoms with Gasteiger partial charge in [-0.2, -0.15) is 0 Å². The predicted molar refractivity (Wildman–Crippen MR) is 99.5 cm³/mol. The highest BCUT2D eigenvalue weighted by Gasteiger charge is 2.14. The van der Waals surface area contributed by atoms with Crippen molar-refractivity contribution >= 4 is 23.5 Å². The lowest BCUT2D eigenvalue weighted by molar-refractivity contribution is -0.115. The van der Waals surface area contributed by atoms with Gasteiger partial charge in [-0.25, -0.2) is 4.79 Å². The SMILES string of the molecule is CC(C)(C)c1ccc(C(=O)NCC(=O)Nc2ccc(C(=O)O)cc2)cc1. The monoisotopic (exact) mass is 354 g/mol. The molecule has 26 heavy (non-hydrogen) atoms. The first-order chi connectivity index (χ1) is 12.2. The van der Waals surface area contributed by atoms with Gasteiger partial charge in [0.2, 0.25) is 5.91 Å². The Balaban J connectivity index is 1.88. The maximum absolute atomic E-state index is 12.1. The molecule has 6 nitrogen and oxygen atoms in total. The fourth-order valence-corrected chi connectivity index (χ4v) is 2.29. The number of aromatic carboxylic acids is 1. The van der Waals surface area contributed by atoms with Crippen LogP contribution in [0.1, 0.15) is 47.1 Å². The fourth-order valence-electron chi connectivity index (χ4n) is 2.29. The van der Waals surface area contributed by atoms with Crippen molar-refractivity contribution in [1.82, 2.24) is 5.32 Å². The van der Waals surface area contributed by atoms with Gasteiger partial charge in [0, 0.05) is 11.3 Å². The third-order valence-electron chi connectivity index (χ3n) is 3.84. The Hall–Kier alpha value is -3.15. The Labute approximate surface area is 152 Å². The first-order valence-corrected chi connectivity index (χ1v) is 8.19. The van der Waals surface area contributed by atoms with Crippen LogP contribution >= 0.6 is 0 Å². The number of rotatable bonds is 5. The molecule has 0 saturated heterocycles. The molecule has 0 radical (unpaired) electrons. The summed E-state index contributed by atoms with van der Waals surface area (Å²) in [6, 6.07) is 13.1. The number of amides is 2. The molecule has 0 aliphatic carbocycles. The summed E-state index contributed by atoms with van der Waals surface area (Å²) >= 11 is 0. The topological polar surface area (TPSA) is 95.5 Å². The summed E-state index contributed by atoms with van der Waals surface area (Å²) in [5.41, 5.74) is 2.21. The van der Waals surface area contributed by atoms with Gasteiger partial charge in [-0.1, -0.05) is 32.9 Å². The van der Waals surface area contributed by atoms with Crippen molar-refractivity contribution in [1.29, 1.82) is 0 Å². The highest BCUT2D eigenvalue weighted by Crippen LogP contribution is 2.22. The van der Waals surface area contributed by atoms with Crippen LogP contribution in [0.5, 0.6) is 0 Å². The van der Waals surface area contributed by atoms with Crippen molar-refractivity contribution in [3.63, 3.8) is 0 Å². The second-order valence-corrected chi connectivity index (χ2v) is 6.94. The molecule has 2 amide bonds. The van der Waals surface area contributed by atoms with E-state index in [2.05, 4.69) is 31.4 Å². The van der Waals surface area contributed by atoms with E-state index in [-0.39, 0.29) is 23.4 Å². The van der Waals surface area contributed by atoms with Crippen molar-refractivity contribution in [3.8, 4) is 0 Å². The number of hydrogen-bond acceptors (Lipinski definition) is 3. The number of hydrogen-bond donors (Lipinski definition) is 3. The van der Waals surface area contributed by atoms with Crippen LogP contribution in [0.3, 0.4) is 0 Å². The van der Waals surface area contributed by atoms with Crippen LogP contribution in [0.15, 0.2) is 48.5 Å². The lowest BCUT2D eigenvalue weighted by Crippen LogP contribution is -2.32. The first-order valence-electron chi connectivity index (χ1n) is 8.19. The molecule has 2 aromatic rings. The Morgan fingerprint density at radius 1 is 0.885 bits per heavy atom. The molecule has 0 atom stereocenters. The van der Waals surface area contributed by atoms with Crippen molar-refractivity contribution in [2.75, 3.05) is 11.9 Å². The minimum atomic E-state index is -1.03. The van der Waals surface area contributed by atoms with Gasteiger partial charge in [0.25, 0.3) is 5.91 Å². The molecule has 0 aliphatic rings. The smallest absolute Gasteiger partial charge is 0.335 e. The van der Waals surface area contributed by atoms with Gasteiger partial charge in [0.05, 0.1) is 12.1 Å². The van der Waals surface area contributed by atoms with Gasteiger partial charge in [0.1, 0.15) is 0 Å². The van der Waals surface area contributed by atoms with E-state index in [0.29, 0.717) is 11.3 Å². The maximum atomic E-state index is 12.1. The highest BCUT2D eigenvalue weighted by molar-refractivity contribution is 5.99. The van der Waals surface area contributed by atoms with Crippen LogP contribution in [0.25, 0.3) is 0 Å². The van der Waals surface area contributed by atoms with Gasteiger partial charge in [-0.15, -0.1) is 0 Å². The van der Waals surface area contributed by atoms with E-state index in [1.807, 2.05) is 12.1 Å². The van der Waals surface area contributed by atoms with Crippen molar-refractivity contribution in [2.24, 2.45) is 0 Å². The molecular formula is C20H22N2O4. The summed E-state index contributed by atoms with van der Waals surface area (Å²) in [4.78, 5) is 34.8. The molecule has 0 heterocycles.